The van der Waals surface area contributed by atoms with Gasteiger partial charge in [-0.2, -0.15) is 0 Å². The summed E-state index contributed by atoms with van der Waals surface area (Å²) in [5.74, 6) is -0.0608. The van der Waals surface area contributed by atoms with Crippen molar-refractivity contribution in [2.24, 2.45) is 0 Å². The second-order valence-corrected chi connectivity index (χ2v) is 6.36. The molecule has 0 fully saturated rings. The van der Waals surface area contributed by atoms with Gasteiger partial charge >= 0.3 is 5.97 Å². The monoisotopic (exact) mass is 356 g/mol. The number of Topliss-reactive ketones (excluding diaryl/α,β-unsaturated/α-hetero) is 1. The highest BCUT2D eigenvalue weighted by Gasteiger charge is 2.25. The molecule has 1 amide bonds. The van der Waals surface area contributed by atoms with Gasteiger partial charge in [0.05, 0.1) is 12.1 Å². The average Bonchev–Trinajstić information content (AvgIpc) is 3.09. The van der Waals surface area contributed by atoms with Crippen LogP contribution in [0.4, 0.5) is 5.69 Å². The third kappa shape index (κ3) is 3.51. The van der Waals surface area contributed by atoms with E-state index in [9.17, 15) is 14.4 Å². The summed E-state index contributed by atoms with van der Waals surface area (Å²) < 4.78 is 10.1. The predicted octanol–water partition coefficient (Wildman–Crippen LogP) is 2.17. The number of aryl methyl sites for hydroxylation is 2. The van der Waals surface area contributed by atoms with Gasteiger partial charge in [0.1, 0.15) is 5.76 Å². The van der Waals surface area contributed by atoms with Crippen molar-refractivity contribution < 1.29 is 23.6 Å². The lowest BCUT2D eigenvalue weighted by atomic mass is 10.1. The number of amides is 1. The molecule has 0 aliphatic carbocycles. The standard InChI is InChI=1S/C19H20N2O5/c1-11-15(12(2)26-20-11)5-7-19(24)25-10-17(22)13-4-6-16-14(8-13)9-18(23)21(16)3/h4,6,8H,5,7,9-10H2,1-3H3. The van der Waals surface area contributed by atoms with E-state index in [-0.39, 0.29) is 31.1 Å². The van der Waals surface area contributed by atoms with Gasteiger partial charge in [-0.3, -0.25) is 14.4 Å². The first-order valence-corrected chi connectivity index (χ1v) is 8.37. The molecule has 26 heavy (non-hydrogen) atoms. The summed E-state index contributed by atoms with van der Waals surface area (Å²) in [6, 6.07) is 5.08. The second-order valence-electron chi connectivity index (χ2n) is 6.36. The molecular formula is C19H20N2O5. The Labute approximate surface area is 150 Å². The molecule has 1 aromatic heterocycles. The van der Waals surface area contributed by atoms with E-state index in [0.29, 0.717) is 17.7 Å². The molecule has 7 heteroatoms. The van der Waals surface area contributed by atoms with Gasteiger partial charge in [0, 0.05) is 30.3 Å². The summed E-state index contributed by atoms with van der Waals surface area (Å²) in [5, 5.41) is 3.84. The maximum atomic E-state index is 12.3. The Hall–Kier alpha value is -2.96. The summed E-state index contributed by atoms with van der Waals surface area (Å²) >= 11 is 0. The zero-order chi connectivity index (χ0) is 18.8. The molecule has 0 spiro atoms. The van der Waals surface area contributed by atoms with E-state index in [1.165, 1.54) is 0 Å². The van der Waals surface area contributed by atoms with Gasteiger partial charge in [0.15, 0.2) is 12.4 Å². The van der Waals surface area contributed by atoms with E-state index in [2.05, 4.69) is 5.16 Å². The van der Waals surface area contributed by atoms with Crippen molar-refractivity contribution in [1.82, 2.24) is 5.16 Å². The highest BCUT2D eigenvalue weighted by atomic mass is 16.5. The Kier molecular flexibility index (Phi) is 4.88. The van der Waals surface area contributed by atoms with Gasteiger partial charge in [-0.25, -0.2) is 0 Å². The quantitative estimate of drug-likeness (QED) is 0.582. The molecule has 0 unspecified atom stereocenters. The minimum atomic E-state index is -0.450. The van der Waals surface area contributed by atoms with Gasteiger partial charge in [0.25, 0.3) is 0 Å². The van der Waals surface area contributed by atoms with Crippen molar-refractivity contribution in [3.63, 3.8) is 0 Å². The van der Waals surface area contributed by atoms with Gasteiger partial charge in [0.2, 0.25) is 5.91 Å². The molecule has 7 nitrogen and oxygen atoms in total. The lowest BCUT2D eigenvalue weighted by Crippen LogP contribution is -2.20. The Morgan fingerprint density at radius 3 is 2.77 bits per heavy atom. The smallest absolute Gasteiger partial charge is 0.306 e. The number of hydrogen-bond acceptors (Lipinski definition) is 6. The molecule has 1 aliphatic heterocycles. The summed E-state index contributed by atoms with van der Waals surface area (Å²) in [6.07, 6.45) is 0.894. The largest absolute Gasteiger partial charge is 0.457 e. The van der Waals surface area contributed by atoms with Crippen LogP contribution in [0.1, 0.15) is 39.4 Å². The third-order valence-electron chi connectivity index (χ3n) is 4.60. The number of hydrogen-bond donors (Lipinski definition) is 0. The zero-order valence-electron chi connectivity index (χ0n) is 15.0. The van der Waals surface area contributed by atoms with E-state index in [1.807, 2.05) is 6.92 Å². The Morgan fingerprint density at radius 2 is 2.08 bits per heavy atom. The van der Waals surface area contributed by atoms with Crippen molar-refractivity contribution in [3.8, 4) is 0 Å². The molecule has 0 radical (unpaired) electrons. The van der Waals surface area contributed by atoms with Crippen LogP contribution >= 0.6 is 0 Å². The minimum Gasteiger partial charge on any atom is -0.457 e. The Morgan fingerprint density at radius 1 is 1.31 bits per heavy atom. The molecule has 1 aromatic carbocycles. The maximum Gasteiger partial charge on any atom is 0.306 e. The molecule has 2 aromatic rings. The number of ketones is 1. The number of rotatable bonds is 6. The summed E-state index contributed by atoms with van der Waals surface area (Å²) in [4.78, 5) is 37.4. The zero-order valence-corrected chi connectivity index (χ0v) is 15.0. The van der Waals surface area contributed by atoms with Crippen molar-refractivity contribution in [2.75, 3.05) is 18.6 Å². The molecule has 136 valence electrons. The molecule has 0 saturated carbocycles. The number of nitrogens with zero attached hydrogens (tertiary/aromatic N) is 2. The van der Waals surface area contributed by atoms with Gasteiger partial charge in [-0.15, -0.1) is 0 Å². The number of aromatic nitrogens is 1. The topological polar surface area (TPSA) is 89.7 Å². The lowest BCUT2D eigenvalue weighted by molar-refractivity contribution is -0.142. The number of carbonyl (C=O) groups is 3. The summed E-state index contributed by atoms with van der Waals surface area (Å²) in [7, 11) is 1.70. The fourth-order valence-electron chi connectivity index (χ4n) is 3.03. The number of likely N-dealkylation sites (N-methyl/N-ethyl adjacent to an activating group) is 1. The van der Waals surface area contributed by atoms with Crippen LogP contribution in [0.2, 0.25) is 0 Å². The Bertz CT molecular complexity index is 865. The second kappa shape index (κ2) is 7.11. The van der Waals surface area contributed by atoms with Crippen LogP contribution in [0.3, 0.4) is 0 Å². The van der Waals surface area contributed by atoms with Gasteiger partial charge in [-0.05, 0) is 44.0 Å². The van der Waals surface area contributed by atoms with Crippen molar-refractivity contribution in [3.05, 3.63) is 46.3 Å². The third-order valence-corrected chi connectivity index (χ3v) is 4.60. The predicted molar refractivity (Wildman–Crippen MR) is 93.1 cm³/mol. The molecule has 3 rings (SSSR count). The van der Waals surface area contributed by atoms with E-state index in [1.54, 1.807) is 37.1 Å². The van der Waals surface area contributed by atoms with Crippen LogP contribution in [-0.2, 0) is 27.2 Å². The Balaban J connectivity index is 1.53. The molecule has 1 aliphatic rings. The van der Waals surface area contributed by atoms with Gasteiger partial charge < -0.3 is 14.2 Å². The fourth-order valence-corrected chi connectivity index (χ4v) is 3.03. The molecule has 0 bridgehead atoms. The number of fused-ring (bicyclic) bond motifs is 1. The SMILES string of the molecule is Cc1noc(C)c1CCC(=O)OCC(=O)c1ccc2c(c1)CC(=O)N2C. The first kappa shape index (κ1) is 17.8. The van der Waals surface area contributed by atoms with E-state index < -0.39 is 5.97 Å². The van der Waals surface area contributed by atoms with Crippen molar-refractivity contribution in [1.29, 1.82) is 0 Å². The number of ether oxygens (including phenoxy) is 1. The molecule has 0 saturated heterocycles. The number of esters is 1. The molecule has 2 heterocycles. The molecule has 0 N–H and O–H groups in total. The first-order chi connectivity index (χ1) is 12.4. The normalized spacial score (nSPS) is 13.0. The molecule has 0 atom stereocenters. The van der Waals surface area contributed by atoms with Crippen molar-refractivity contribution >= 4 is 23.3 Å². The van der Waals surface area contributed by atoms with E-state index in [4.69, 9.17) is 9.26 Å². The minimum absolute atomic E-state index is 0.00431. The van der Waals surface area contributed by atoms with E-state index >= 15 is 0 Å². The van der Waals surface area contributed by atoms with Gasteiger partial charge in [-0.1, -0.05) is 5.16 Å². The van der Waals surface area contributed by atoms with Crippen LogP contribution in [-0.4, -0.2) is 36.5 Å². The number of carbonyl (C=O) groups excluding carboxylic acids is 3. The summed E-state index contributed by atoms with van der Waals surface area (Å²) in [5.41, 5.74) is 3.70. The van der Waals surface area contributed by atoms with Crippen molar-refractivity contribution in [2.45, 2.75) is 33.1 Å². The fraction of sp³-hybridized carbons (Fsp3) is 0.368. The maximum absolute atomic E-state index is 12.3. The van der Waals surface area contributed by atoms with E-state index in [0.717, 1.165) is 22.5 Å². The molecular weight excluding hydrogens is 336 g/mol. The average molecular weight is 356 g/mol. The van der Waals surface area contributed by atoms with Crippen LogP contribution < -0.4 is 4.90 Å². The number of anilines is 1. The lowest BCUT2D eigenvalue weighted by Gasteiger charge is -2.10. The van der Waals surface area contributed by atoms with Crippen LogP contribution in [0.25, 0.3) is 0 Å². The highest BCUT2D eigenvalue weighted by molar-refractivity contribution is 6.03. The summed E-state index contributed by atoms with van der Waals surface area (Å²) in [6.45, 7) is 3.29. The van der Waals surface area contributed by atoms with Crippen LogP contribution in [0.15, 0.2) is 22.7 Å². The number of benzene rings is 1. The highest BCUT2D eigenvalue weighted by Crippen LogP contribution is 2.28. The van der Waals surface area contributed by atoms with Crippen LogP contribution in [0, 0.1) is 13.8 Å². The van der Waals surface area contributed by atoms with Crippen LogP contribution in [0.5, 0.6) is 0 Å². The first-order valence-electron chi connectivity index (χ1n) is 8.37.